The minimum absolute atomic E-state index is 0.154. The number of rotatable bonds is 5. The van der Waals surface area contributed by atoms with Crippen molar-refractivity contribution in [2.24, 2.45) is 0 Å². The Balaban J connectivity index is 1.52. The van der Waals surface area contributed by atoms with E-state index in [1.54, 1.807) is 12.1 Å². The summed E-state index contributed by atoms with van der Waals surface area (Å²) in [6, 6.07) is 5.61. The molecule has 2 N–H and O–H groups in total. The van der Waals surface area contributed by atoms with Gasteiger partial charge in [0.05, 0.1) is 4.88 Å². The van der Waals surface area contributed by atoms with Crippen LogP contribution in [0.5, 0.6) is 0 Å². The molecule has 0 spiro atoms. The number of aromatic amines is 1. The second-order valence-electron chi connectivity index (χ2n) is 7.54. The molecule has 3 heterocycles. The van der Waals surface area contributed by atoms with E-state index in [2.05, 4.69) is 15.5 Å². The van der Waals surface area contributed by atoms with Crippen molar-refractivity contribution in [3.05, 3.63) is 34.6 Å². The van der Waals surface area contributed by atoms with Crippen molar-refractivity contribution in [2.75, 3.05) is 6.54 Å². The molecule has 1 aliphatic heterocycles. The van der Waals surface area contributed by atoms with Gasteiger partial charge in [-0.05, 0) is 43.9 Å². The van der Waals surface area contributed by atoms with Crippen molar-refractivity contribution < 1.29 is 13.2 Å². The molecular formula is C19H24N4O4S2. The molecule has 0 bridgehead atoms. The Hall–Kier alpha value is -2.04. The molecule has 156 valence electrons. The Bertz CT molecular complexity index is 1020. The van der Waals surface area contributed by atoms with Gasteiger partial charge < -0.3 is 5.32 Å². The van der Waals surface area contributed by atoms with Gasteiger partial charge in [0.15, 0.2) is 0 Å². The van der Waals surface area contributed by atoms with Gasteiger partial charge in [-0.15, -0.1) is 11.3 Å². The first kappa shape index (κ1) is 20.2. The van der Waals surface area contributed by atoms with Crippen LogP contribution in [0, 0.1) is 0 Å². The van der Waals surface area contributed by atoms with Crippen molar-refractivity contribution in [2.45, 2.75) is 61.2 Å². The first-order chi connectivity index (χ1) is 13.9. The van der Waals surface area contributed by atoms with Gasteiger partial charge in [-0.3, -0.25) is 9.59 Å². The summed E-state index contributed by atoms with van der Waals surface area (Å²) in [5.41, 5.74) is 0.186. The van der Waals surface area contributed by atoms with Gasteiger partial charge in [-0.25, -0.2) is 13.5 Å². The maximum Gasteiger partial charge on any atom is 0.264 e. The highest BCUT2D eigenvalue weighted by Gasteiger charge is 2.40. The number of carbonyl (C=O) groups excluding carboxylic acids is 1. The van der Waals surface area contributed by atoms with Crippen LogP contribution >= 0.6 is 11.3 Å². The second-order valence-corrected chi connectivity index (χ2v) is 10.7. The zero-order valence-corrected chi connectivity index (χ0v) is 17.6. The van der Waals surface area contributed by atoms with E-state index in [0.717, 1.165) is 37.0 Å². The van der Waals surface area contributed by atoms with Crippen LogP contribution in [0.15, 0.2) is 33.3 Å². The average Bonchev–Trinajstić information content (AvgIpc) is 3.40. The van der Waals surface area contributed by atoms with Crippen LogP contribution in [0.3, 0.4) is 0 Å². The summed E-state index contributed by atoms with van der Waals surface area (Å²) in [5, 5.41) is 9.37. The van der Waals surface area contributed by atoms with Crippen LogP contribution in [0.25, 0.3) is 10.6 Å². The lowest BCUT2D eigenvalue weighted by Crippen LogP contribution is -2.49. The summed E-state index contributed by atoms with van der Waals surface area (Å²) in [5.74, 6) is -0.183. The molecule has 29 heavy (non-hydrogen) atoms. The van der Waals surface area contributed by atoms with Gasteiger partial charge in [0, 0.05) is 18.7 Å². The fourth-order valence-electron chi connectivity index (χ4n) is 4.03. The largest absolute Gasteiger partial charge is 0.352 e. The highest BCUT2D eigenvalue weighted by atomic mass is 32.2. The molecule has 1 unspecified atom stereocenters. The number of hydrogen-bond acceptors (Lipinski definition) is 6. The van der Waals surface area contributed by atoms with Gasteiger partial charge >= 0.3 is 0 Å². The number of aromatic nitrogens is 2. The molecule has 1 saturated carbocycles. The predicted octanol–water partition coefficient (Wildman–Crippen LogP) is 2.10. The van der Waals surface area contributed by atoms with E-state index in [0.29, 0.717) is 30.0 Å². The Labute approximate surface area is 173 Å². The zero-order valence-electron chi connectivity index (χ0n) is 16.0. The Kier molecular flexibility index (Phi) is 5.84. The highest BCUT2D eigenvalue weighted by molar-refractivity contribution is 7.91. The van der Waals surface area contributed by atoms with Crippen LogP contribution in [-0.2, 0) is 14.8 Å². The van der Waals surface area contributed by atoms with Crippen LogP contribution in [-0.4, -0.2) is 47.5 Å². The van der Waals surface area contributed by atoms with Crippen LogP contribution in [0.1, 0.15) is 44.9 Å². The number of hydrogen-bond donors (Lipinski definition) is 2. The highest BCUT2D eigenvalue weighted by Crippen LogP contribution is 2.34. The molecule has 2 aromatic rings. The molecule has 2 aromatic heterocycles. The number of thiophene rings is 1. The zero-order chi connectivity index (χ0) is 20.4. The molecule has 1 amide bonds. The maximum absolute atomic E-state index is 13.2. The lowest BCUT2D eigenvalue weighted by Gasteiger charge is -2.27. The van der Waals surface area contributed by atoms with Gasteiger partial charge in [-0.1, -0.05) is 19.3 Å². The normalized spacial score (nSPS) is 21.3. The third-order valence-corrected chi connectivity index (χ3v) is 9.02. The molecule has 0 radical (unpaired) electrons. The van der Waals surface area contributed by atoms with Crippen molar-refractivity contribution >= 4 is 27.3 Å². The summed E-state index contributed by atoms with van der Waals surface area (Å²) in [7, 11) is -3.78. The summed E-state index contributed by atoms with van der Waals surface area (Å²) in [4.78, 5) is 24.6. The van der Waals surface area contributed by atoms with Gasteiger partial charge in [-0.2, -0.15) is 9.40 Å². The molecule has 1 atom stereocenters. The molecule has 2 fully saturated rings. The van der Waals surface area contributed by atoms with E-state index in [9.17, 15) is 18.0 Å². The van der Waals surface area contributed by atoms with E-state index in [4.69, 9.17) is 0 Å². The van der Waals surface area contributed by atoms with Gasteiger partial charge in [0.1, 0.15) is 15.9 Å². The Morgan fingerprint density at radius 3 is 2.62 bits per heavy atom. The van der Waals surface area contributed by atoms with E-state index < -0.39 is 16.1 Å². The minimum Gasteiger partial charge on any atom is -0.352 e. The number of amides is 1. The lowest BCUT2D eigenvalue weighted by molar-refractivity contribution is -0.125. The fourth-order valence-corrected chi connectivity index (χ4v) is 7.09. The van der Waals surface area contributed by atoms with E-state index >= 15 is 0 Å². The topological polar surface area (TPSA) is 112 Å². The molecule has 2 aliphatic rings. The van der Waals surface area contributed by atoms with Crippen LogP contribution < -0.4 is 10.9 Å². The van der Waals surface area contributed by atoms with Crippen LogP contribution in [0.2, 0.25) is 0 Å². The SMILES string of the molecule is O=C(NC1CCCCC1)C1CCCN1S(=O)(=O)c1ccc(-c2ccc(=O)[nH]n2)s1. The van der Waals surface area contributed by atoms with Crippen molar-refractivity contribution in [3.63, 3.8) is 0 Å². The molecule has 1 aliphatic carbocycles. The second kappa shape index (κ2) is 8.37. The quantitative estimate of drug-likeness (QED) is 0.745. The molecule has 4 rings (SSSR count). The molecule has 0 aromatic carbocycles. The number of sulfonamides is 1. The van der Waals surface area contributed by atoms with E-state index in [1.165, 1.54) is 22.9 Å². The van der Waals surface area contributed by atoms with Crippen molar-refractivity contribution in [1.82, 2.24) is 19.8 Å². The predicted molar refractivity (Wildman–Crippen MR) is 110 cm³/mol. The number of H-pyrrole nitrogens is 1. The minimum atomic E-state index is -3.78. The van der Waals surface area contributed by atoms with Gasteiger partial charge in [0.25, 0.3) is 15.6 Å². The number of carbonyl (C=O) groups is 1. The van der Waals surface area contributed by atoms with E-state index in [1.807, 2.05) is 0 Å². The van der Waals surface area contributed by atoms with Gasteiger partial charge in [0.2, 0.25) is 5.91 Å². The summed E-state index contributed by atoms with van der Waals surface area (Å²) >= 11 is 1.09. The maximum atomic E-state index is 13.2. The fraction of sp³-hybridized carbons (Fsp3) is 0.526. The van der Waals surface area contributed by atoms with Crippen LogP contribution in [0.4, 0.5) is 0 Å². The summed E-state index contributed by atoms with van der Waals surface area (Å²) in [6.45, 7) is 0.342. The average molecular weight is 437 g/mol. The number of nitrogens with one attached hydrogen (secondary N) is 2. The number of nitrogens with zero attached hydrogens (tertiary/aromatic N) is 2. The standard InChI is InChI=1S/C19H24N4O4S2/c24-17-10-8-14(21-22-17)16-9-11-18(28-16)29(26,27)23-12-4-7-15(23)19(25)20-13-5-2-1-3-6-13/h8-11,13,15H,1-7,12H2,(H,20,25)(H,22,24). The smallest absolute Gasteiger partial charge is 0.264 e. The molecular weight excluding hydrogens is 412 g/mol. The Morgan fingerprint density at radius 1 is 1.10 bits per heavy atom. The Morgan fingerprint density at radius 2 is 1.90 bits per heavy atom. The first-order valence-corrected chi connectivity index (χ1v) is 12.2. The third-order valence-electron chi connectivity index (χ3n) is 5.53. The summed E-state index contributed by atoms with van der Waals surface area (Å²) < 4.78 is 27.9. The lowest BCUT2D eigenvalue weighted by atomic mass is 9.95. The first-order valence-electron chi connectivity index (χ1n) is 9.93. The molecule has 8 nitrogen and oxygen atoms in total. The van der Waals surface area contributed by atoms with Crippen molar-refractivity contribution in [1.29, 1.82) is 0 Å². The third kappa shape index (κ3) is 4.29. The molecule has 1 saturated heterocycles. The molecule has 10 heteroatoms. The monoisotopic (exact) mass is 436 g/mol. The van der Waals surface area contributed by atoms with E-state index in [-0.39, 0.29) is 21.7 Å². The van der Waals surface area contributed by atoms with Crippen molar-refractivity contribution in [3.8, 4) is 10.6 Å². The summed E-state index contributed by atoms with van der Waals surface area (Å²) in [6.07, 6.45) is 6.54.